The second-order valence-electron chi connectivity index (χ2n) is 8.44. The smallest absolute Gasteiger partial charge is 0.185 e. The third kappa shape index (κ3) is 4.58. The molecule has 0 amide bonds. The van der Waals surface area contributed by atoms with Crippen molar-refractivity contribution in [2.45, 2.75) is 79.1 Å². The summed E-state index contributed by atoms with van der Waals surface area (Å²) in [5.41, 5.74) is 6.30. The summed E-state index contributed by atoms with van der Waals surface area (Å²) in [6, 6.07) is 5.83. The van der Waals surface area contributed by atoms with E-state index in [1.165, 1.54) is 0 Å². The van der Waals surface area contributed by atoms with Crippen LogP contribution in [-0.4, -0.2) is 23.1 Å². The van der Waals surface area contributed by atoms with Gasteiger partial charge in [-0.1, -0.05) is 19.8 Å². The first-order chi connectivity index (χ1) is 14.3. The van der Waals surface area contributed by atoms with Gasteiger partial charge in [-0.3, -0.25) is 19.4 Å². The fourth-order valence-corrected chi connectivity index (χ4v) is 4.19. The van der Waals surface area contributed by atoms with Crippen LogP contribution < -0.4 is 0 Å². The topological polar surface area (TPSA) is 63.6 Å². The fraction of sp³-hybridized carbons (Fsp3) is 0.462. The van der Waals surface area contributed by atoms with Crippen molar-refractivity contribution in [3.8, 4) is 0 Å². The van der Waals surface area contributed by atoms with Crippen LogP contribution in [0.15, 0.2) is 45.5 Å². The summed E-state index contributed by atoms with van der Waals surface area (Å²) >= 11 is 0. The first-order valence-corrected chi connectivity index (χ1v) is 11.0. The van der Waals surface area contributed by atoms with Gasteiger partial charge in [0.1, 0.15) is 0 Å². The molecule has 0 N–H and O–H groups in total. The van der Waals surface area contributed by atoms with Crippen LogP contribution in [0.2, 0.25) is 0 Å². The minimum absolute atomic E-state index is 0.00692. The van der Waals surface area contributed by atoms with Gasteiger partial charge in [-0.25, -0.2) is 0 Å². The second kappa shape index (κ2) is 9.46. The highest BCUT2D eigenvalue weighted by Crippen LogP contribution is 2.31. The molecule has 0 spiro atoms. The van der Waals surface area contributed by atoms with Crippen LogP contribution in [0.25, 0.3) is 0 Å². The van der Waals surface area contributed by atoms with E-state index in [-0.39, 0.29) is 17.3 Å². The van der Waals surface area contributed by atoms with E-state index in [1.54, 1.807) is 20.8 Å². The summed E-state index contributed by atoms with van der Waals surface area (Å²) in [5.74, 6) is 0.206. The lowest BCUT2D eigenvalue weighted by atomic mass is 9.84. The van der Waals surface area contributed by atoms with E-state index in [0.29, 0.717) is 35.1 Å². The molecule has 0 unspecified atom stereocenters. The maximum Gasteiger partial charge on any atom is 0.185 e. The average molecular weight is 406 g/mol. The first kappa shape index (κ1) is 22.1. The van der Waals surface area contributed by atoms with Crippen LogP contribution in [0.4, 0.5) is 5.69 Å². The Hall–Kier alpha value is -2.62. The molecule has 4 heteroatoms. The molecule has 3 rings (SSSR count). The Labute approximate surface area is 179 Å². The van der Waals surface area contributed by atoms with Gasteiger partial charge in [-0.15, -0.1) is 0 Å². The maximum atomic E-state index is 12.6. The molecule has 30 heavy (non-hydrogen) atoms. The van der Waals surface area contributed by atoms with Crippen molar-refractivity contribution in [2.24, 2.45) is 4.99 Å². The molecule has 0 saturated heterocycles. The lowest BCUT2D eigenvalue weighted by Gasteiger charge is -2.18. The minimum Gasteiger partial charge on any atom is -0.294 e. The molecule has 0 atom stereocenters. The maximum absolute atomic E-state index is 12.6. The number of allylic oxidation sites excluding steroid dienone is 4. The number of benzene rings is 1. The van der Waals surface area contributed by atoms with Crippen LogP contribution in [0.1, 0.15) is 88.6 Å². The molecule has 0 aromatic heterocycles. The van der Waals surface area contributed by atoms with Gasteiger partial charge < -0.3 is 0 Å². The van der Waals surface area contributed by atoms with E-state index in [0.717, 1.165) is 61.1 Å². The van der Waals surface area contributed by atoms with E-state index in [9.17, 15) is 14.4 Å². The predicted molar refractivity (Wildman–Crippen MR) is 121 cm³/mol. The molecule has 2 aliphatic rings. The van der Waals surface area contributed by atoms with E-state index in [1.807, 2.05) is 18.2 Å². The van der Waals surface area contributed by atoms with Crippen molar-refractivity contribution in [3.63, 3.8) is 0 Å². The van der Waals surface area contributed by atoms with Crippen LogP contribution in [0, 0.1) is 0 Å². The summed E-state index contributed by atoms with van der Waals surface area (Å²) < 4.78 is 0. The van der Waals surface area contributed by atoms with Crippen LogP contribution in [0.3, 0.4) is 0 Å². The van der Waals surface area contributed by atoms with Crippen molar-refractivity contribution in [2.75, 3.05) is 0 Å². The van der Waals surface area contributed by atoms with Crippen molar-refractivity contribution >= 4 is 28.7 Å². The molecule has 1 aromatic rings. The van der Waals surface area contributed by atoms with E-state index in [4.69, 9.17) is 4.99 Å². The SMILES string of the molecule is CCCCCC(=O)c1ccc2c(c1)CC(CCCC1=C(C)C(=O)C(C)=C(C)C1=O)=N2. The Morgan fingerprint density at radius 2 is 1.67 bits per heavy atom. The van der Waals surface area contributed by atoms with Gasteiger partial charge in [0, 0.05) is 46.4 Å². The molecule has 1 aliphatic carbocycles. The number of carbonyl (C=O) groups is 3. The molecule has 0 saturated carbocycles. The Morgan fingerprint density at radius 1 is 0.933 bits per heavy atom. The standard InChI is InChI=1S/C26H31NO3/c1-5-6-7-11-24(28)19-12-13-23-20(14-19)15-21(27-23)9-8-10-22-18(4)25(29)16(2)17(3)26(22)30/h12-14H,5-11,15H2,1-4H3. The fourth-order valence-electron chi connectivity index (χ4n) is 4.19. The van der Waals surface area contributed by atoms with Crippen molar-refractivity contribution in [3.05, 3.63) is 51.6 Å². The second-order valence-corrected chi connectivity index (χ2v) is 8.44. The van der Waals surface area contributed by atoms with Gasteiger partial charge in [-0.05, 0) is 70.2 Å². The molecular weight excluding hydrogens is 374 g/mol. The van der Waals surface area contributed by atoms with E-state index in [2.05, 4.69) is 6.92 Å². The van der Waals surface area contributed by atoms with Gasteiger partial charge in [0.2, 0.25) is 0 Å². The van der Waals surface area contributed by atoms with E-state index < -0.39 is 0 Å². The number of aliphatic imine (C=N–C) groups is 1. The van der Waals surface area contributed by atoms with Crippen molar-refractivity contribution < 1.29 is 14.4 Å². The first-order valence-electron chi connectivity index (χ1n) is 11.0. The molecule has 1 heterocycles. The quantitative estimate of drug-likeness (QED) is 0.285. The minimum atomic E-state index is -0.0103. The van der Waals surface area contributed by atoms with Crippen molar-refractivity contribution in [1.82, 2.24) is 0 Å². The Kier molecular flexibility index (Phi) is 6.96. The summed E-state index contributed by atoms with van der Waals surface area (Å²) in [6.07, 6.45) is 6.67. The zero-order valence-electron chi connectivity index (χ0n) is 18.6. The van der Waals surface area contributed by atoms with Gasteiger partial charge in [-0.2, -0.15) is 0 Å². The Balaban J connectivity index is 1.57. The summed E-state index contributed by atoms with van der Waals surface area (Å²) in [5, 5.41) is 0. The number of hydrogen-bond acceptors (Lipinski definition) is 4. The number of nitrogens with zero attached hydrogens (tertiary/aromatic N) is 1. The molecule has 0 radical (unpaired) electrons. The largest absolute Gasteiger partial charge is 0.294 e. The van der Waals surface area contributed by atoms with Gasteiger partial charge in [0.15, 0.2) is 17.3 Å². The molecule has 158 valence electrons. The molecule has 0 fully saturated rings. The van der Waals surface area contributed by atoms with Gasteiger partial charge in [0.25, 0.3) is 0 Å². The number of rotatable bonds is 9. The molecule has 1 aliphatic heterocycles. The highest BCUT2D eigenvalue weighted by molar-refractivity contribution is 6.24. The number of fused-ring (bicyclic) bond motifs is 1. The zero-order chi connectivity index (χ0) is 21.8. The molecule has 0 bridgehead atoms. The number of unbranched alkanes of at least 4 members (excludes halogenated alkanes) is 2. The van der Waals surface area contributed by atoms with Crippen LogP contribution in [-0.2, 0) is 16.0 Å². The molecule has 1 aromatic carbocycles. The van der Waals surface area contributed by atoms with Crippen LogP contribution in [0.5, 0.6) is 0 Å². The predicted octanol–water partition coefficient (Wildman–Crippen LogP) is 6.05. The monoisotopic (exact) mass is 405 g/mol. The normalized spacial score (nSPS) is 16.3. The van der Waals surface area contributed by atoms with Crippen molar-refractivity contribution in [1.29, 1.82) is 0 Å². The van der Waals surface area contributed by atoms with Gasteiger partial charge in [0.05, 0.1) is 5.69 Å². The number of Topliss-reactive ketones (excluding diaryl/α,β-unsaturated/α-hetero) is 3. The highest BCUT2D eigenvalue weighted by atomic mass is 16.1. The number of hydrogen-bond donors (Lipinski definition) is 0. The summed E-state index contributed by atoms with van der Waals surface area (Å²) in [4.78, 5) is 42.0. The van der Waals surface area contributed by atoms with Crippen LogP contribution >= 0.6 is 0 Å². The highest BCUT2D eigenvalue weighted by Gasteiger charge is 2.27. The lowest BCUT2D eigenvalue weighted by molar-refractivity contribution is -0.116. The molecular formula is C26H31NO3. The summed E-state index contributed by atoms with van der Waals surface area (Å²) in [6.45, 7) is 7.36. The summed E-state index contributed by atoms with van der Waals surface area (Å²) in [7, 11) is 0. The zero-order valence-corrected chi connectivity index (χ0v) is 18.6. The molecule has 4 nitrogen and oxygen atoms in total. The average Bonchev–Trinajstić information content (AvgIpc) is 3.15. The Bertz CT molecular complexity index is 992. The van der Waals surface area contributed by atoms with Gasteiger partial charge >= 0.3 is 0 Å². The lowest BCUT2D eigenvalue weighted by Crippen LogP contribution is -2.20. The third-order valence-corrected chi connectivity index (χ3v) is 6.29. The Morgan fingerprint density at radius 3 is 2.40 bits per heavy atom. The third-order valence-electron chi connectivity index (χ3n) is 6.29. The number of ketones is 3. The van der Waals surface area contributed by atoms with E-state index >= 15 is 0 Å². The number of carbonyl (C=O) groups excluding carboxylic acids is 3.